The van der Waals surface area contributed by atoms with Gasteiger partial charge >= 0.3 is 0 Å². The van der Waals surface area contributed by atoms with Gasteiger partial charge in [-0.05, 0) is 24.7 Å². The van der Waals surface area contributed by atoms with Crippen molar-refractivity contribution >= 4 is 5.91 Å². The minimum absolute atomic E-state index is 0.0115. The summed E-state index contributed by atoms with van der Waals surface area (Å²) >= 11 is 0. The topological polar surface area (TPSA) is 44.1 Å². The average Bonchev–Trinajstić information content (AvgIpc) is 2.29. The zero-order valence-electron chi connectivity index (χ0n) is 12.8. The van der Waals surface area contributed by atoms with E-state index >= 15 is 0 Å². The molecule has 0 spiro atoms. The Labute approximate surface area is 112 Å². The molecule has 0 saturated heterocycles. The molecule has 0 aliphatic heterocycles. The lowest BCUT2D eigenvalue weighted by Crippen LogP contribution is -2.46. The first-order valence-corrected chi connectivity index (χ1v) is 7.03. The maximum Gasteiger partial charge on any atom is 0.243 e. The van der Waals surface area contributed by atoms with E-state index in [0.717, 1.165) is 13.1 Å². The van der Waals surface area contributed by atoms with Crippen molar-refractivity contribution < 1.29 is 4.79 Å². The van der Waals surface area contributed by atoms with Crippen LogP contribution < -0.4 is 0 Å². The molecule has 18 heavy (non-hydrogen) atoms. The molecule has 0 bridgehead atoms. The number of hydrogen-bond acceptors (Lipinski definition) is 2. The molecule has 0 saturated carbocycles. The van der Waals surface area contributed by atoms with Crippen LogP contribution in [0.2, 0.25) is 0 Å². The molecule has 0 aliphatic rings. The van der Waals surface area contributed by atoms with Gasteiger partial charge in [-0.15, -0.1) is 0 Å². The largest absolute Gasteiger partial charge is 0.341 e. The Bertz CT molecular complexity index is 288. The summed E-state index contributed by atoms with van der Waals surface area (Å²) in [6.07, 6.45) is 1.18. The molecule has 0 aromatic rings. The first kappa shape index (κ1) is 17.0. The lowest BCUT2D eigenvalue weighted by Gasteiger charge is -2.33. The second-order valence-corrected chi connectivity index (χ2v) is 5.90. The number of hydrogen-bond donors (Lipinski definition) is 0. The summed E-state index contributed by atoms with van der Waals surface area (Å²) in [5, 5.41) is 9.37. The minimum Gasteiger partial charge on any atom is -0.341 e. The highest BCUT2D eigenvalue weighted by molar-refractivity contribution is 5.85. The lowest BCUT2D eigenvalue weighted by molar-refractivity contribution is -0.140. The van der Waals surface area contributed by atoms with E-state index in [1.165, 1.54) is 0 Å². The monoisotopic (exact) mass is 252 g/mol. The van der Waals surface area contributed by atoms with Crippen LogP contribution in [0.15, 0.2) is 0 Å². The van der Waals surface area contributed by atoms with Gasteiger partial charge in [0.25, 0.3) is 0 Å². The first-order valence-electron chi connectivity index (χ1n) is 7.03. The molecule has 0 aromatic heterocycles. The molecule has 0 rings (SSSR count). The van der Waals surface area contributed by atoms with Crippen molar-refractivity contribution in [2.24, 2.45) is 17.3 Å². The fourth-order valence-electron chi connectivity index (χ4n) is 2.18. The SMILES string of the molecule is CCC(C#N)(CC)C(=O)N(CC(C)C)CC(C)C. The maximum absolute atomic E-state index is 12.6. The van der Waals surface area contributed by atoms with Gasteiger partial charge in [-0.25, -0.2) is 0 Å². The van der Waals surface area contributed by atoms with Crippen LogP contribution in [0.25, 0.3) is 0 Å². The molecule has 0 atom stereocenters. The summed E-state index contributed by atoms with van der Waals surface area (Å²) < 4.78 is 0. The molecule has 3 nitrogen and oxygen atoms in total. The summed E-state index contributed by atoms with van der Waals surface area (Å²) in [6.45, 7) is 13.7. The van der Waals surface area contributed by atoms with Crippen molar-refractivity contribution in [2.45, 2.75) is 54.4 Å². The van der Waals surface area contributed by atoms with Crippen LogP contribution in [0.5, 0.6) is 0 Å². The van der Waals surface area contributed by atoms with Gasteiger partial charge in [0.2, 0.25) is 5.91 Å². The lowest BCUT2D eigenvalue weighted by atomic mass is 9.82. The normalized spacial score (nSPS) is 11.7. The predicted molar refractivity (Wildman–Crippen MR) is 74.9 cm³/mol. The molecule has 0 heterocycles. The highest BCUT2D eigenvalue weighted by Crippen LogP contribution is 2.28. The highest BCUT2D eigenvalue weighted by atomic mass is 16.2. The zero-order valence-corrected chi connectivity index (χ0v) is 12.8. The van der Waals surface area contributed by atoms with Gasteiger partial charge < -0.3 is 4.90 Å². The molecule has 3 heteroatoms. The summed E-state index contributed by atoms with van der Waals surface area (Å²) in [5.74, 6) is 0.869. The van der Waals surface area contributed by atoms with Gasteiger partial charge in [0.1, 0.15) is 5.41 Å². The van der Waals surface area contributed by atoms with Crippen molar-refractivity contribution in [3.63, 3.8) is 0 Å². The fraction of sp³-hybridized carbons (Fsp3) is 0.867. The Hall–Kier alpha value is -1.04. The van der Waals surface area contributed by atoms with Crippen molar-refractivity contribution in [1.29, 1.82) is 5.26 Å². The van der Waals surface area contributed by atoms with Crippen LogP contribution in [-0.2, 0) is 4.79 Å². The molecule has 0 unspecified atom stereocenters. The van der Waals surface area contributed by atoms with E-state index in [0.29, 0.717) is 24.7 Å². The van der Waals surface area contributed by atoms with Crippen LogP contribution in [0.4, 0.5) is 0 Å². The van der Waals surface area contributed by atoms with Crippen molar-refractivity contribution in [2.75, 3.05) is 13.1 Å². The van der Waals surface area contributed by atoms with Crippen LogP contribution in [0, 0.1) is 28.6 Å². The van der Waals surface area contributed by atoms with Crippen LogP contribution in [0.3, 0.4) is 0 Å². The van der Waals surface area contributed by atoms with Crippen LogP contribution in [0.1, 0.15) is 54.4 Å². The van der Waals surface area contributed by atoms with Gasteiger partial charge in [-0.3, -0.25) is 4.79 Å². The number of carbonyl (C=O) groups excluding carboxylic acids is 1. The molecular formula is C15H28N2O. The first-order chi connectivity index (χ1) is 8.32. The van der Waals surface area contributed by atoms with Gasteiger partial charge in [-0.1, -0.05) is 41.5 Å². The summed E-state index contributed by atoms with van der Waals surface area (Å²) in [6, 6.07) is 2.25. The van der Waals surface area contributed by atoms with E-state index in [1.807, 2.05) is 18.7 Å². The van der Waals surface area contributed by atoms with Crippen molar-refractivity contribution in [3.05, 3.63) is 0 Å². The van der Waals surface area contributed by atoms with E-state index in [1.54, 1.807) is 0 Å². The smallest absolute Gasteiger partial charge is 0.243 e. The molecule has 104 valence electrons. The minimum atomic E-state index is -0.830. The molecule has 0 N–H and O–H groups in total. The van der Waals surface area contributed by atoms with E-state index < -0.39 is 5.41 Å². The Morgan fingerprint density at radius 2 is 1.50 bits per heavy atom. The van der Waals surface area contributed by atoms with Gasteiger partial charge in [-0.2, -0.15) is 5.26 Å². The van der Waals surface area contributed by atoms with E-state index in [2.05, 4.69) is 33.8 Å². The van der Waals surface area contributed by atoms with Crippen LogP contribution in [-0.4, -0.2) is 23.9 Å². The Kier molecular flexibility index (Phi) is 6.98. The van der Waals surface area contributed by atoms with Gasteiger partial charge in [0, 0.05) is 13.1 Å². The van der Waals surface area contributed by atoms with Crippen LogP contribution >= 0.6 is 0 Å². The third-order valence-corrected chi connectivity index (χ3v) is 3.29. The number of carbonyl (C=O) groups is 1. The van der Waals surface area contributed by atoms with Gasteiger partial charge in [0.15, 0.2) is 0 Å². The molecular weight excluding hydrogens is 224 g/mol. The number of amides is 1. The molecule has 0 fully saturated rings. The summed E-state index contributed by atoms with van der Waals surface area (Å²) in [7, 11) is 0. The van der Waals surface area contributed by atoms with E-state index in [-0.39, 0.29) is 5.91 Å². The summed E-state index contributed by atoms with van der Waals surface area (Å²) in [4.78, 5) is 14.5. The number of nitriles is 1. The average molecular weight is 252 g/mol. The third kappa shape index (κ3) is 4.33. The van der Waals surface area contributed by atoms with E-state index in [4.69, 9.17) is 0 Å². The Morgan fingerprint density at radius 3 is 1.72 bits per heavy atom. The predicted octanol–water partition coefficient (Wildman–Crippen LogP) is 3.46. The van der Waals surface area contributed by atoms with Gasteiger partial charge in [0.05, 0.1) is 6.07 Å². The fourth-order valence-corrected chi connectivity index (χ4v) is 2.18. The highest BCUT2D eigenvalue weighted by Gasteiger charge is 2.38. The van der Waals surface area contributed by atoms with Crippen molar-refractivity contribution in [1.82, 2.24) is 4.90 Å². The third-order valence-electron chi connectivity index (χ3n) is 3.29. The molecule has 0 aliphatic carbocycles. The second kappa shape index (κ2) is 7.41. The second-order valence-electron chi connectivity index (χ2n) is 5.90. The standard InChI is InChI=1S/C15H28N2O/c1-7-15(8-2,11-16)14(18)17(9-12(3)4)10-13(5)6/h12-13H,7-10H2,1-6H3. The quantitative estimate of drug-likeness (QED) is 0.696. The number of nitrogens with zero attached hydrogens (tertiary/aromatic N) is 2. The summed E-state index contributed by atoms with van der Waals surface area (Å²) in [5.41, 5.74) is -0.830. The van der Waals surface area contributed by atoms with E-state index in [9.17, 15) is 10.1 Å². The molecule has 0 radical (unpaired) electrons. The maximum atomic E-state index is 12.6. The number of rotatable bonds is 7. The Balaban J connectivity index is 5.10. The molecule has 0 aromatic carbocycles. The van der Waals surface area contributed by atoms with Crippen molar-refractivity contribution in [3.8, 4) is 6.07 Å². The Morgan fingerprint density at radius 1 is 1.11 bits per heavy atom. The zero-order chi connectivity index (χ0) is 14.3. The molecule has 1 amide bonds.